The van der Waals surface area contributed by atoms with E-state index in [-0.39, 0.29) is 24.2 Å². The van der Waals surface area contributed by atoms with Crippen LogP contribution < -0.4 is 20.7 Å². The number of carbonyl (C=O) groups is 1. The Labute approximate surface area is 199 Å². The van der Waals surface area contributed by atoms with Gasteiger partial charge < -0.3 is 25.4 Å². The minimum atomic E-state index is -4.51. The fourth-order valence-corrected chi connectivity index (χ4v) is 4.52. The van der Waals surface area contributed by atoms with E-state index in [1.807, 2.05) is 0 Å². The molecule has 1 unspecified atom stereocenters. The topological polar surface area (TPSA) is 103 Å². The van der Waals surface area contributed by atoms with E-state index in [1.165, 1.54) is 6.07 Å². The van der Waals surface area contributed by atoms with Gasteiger partial charge in [0.25, 0.3) is 5.91 Å². The highest BCUT2D eigenvalue weighted by Crippen LogP contribution is 2.40. The Bertz CT molecular complexity index is 1310. The highest BCUT2D eigenvalue weighted by molar-refractivity contribution is 6.03. The number of nitrogens with two attached hydrogens (primary N) is 1. The number of rotatable bonds is 4. The minimum absolute atomic E-state index is 0.0198. The Kier molecular flexibility index (Phi) is 5.66. The van der Waals surface area contributed by atoms with Crippen molar-refractivity contribution in [2.75, 3.05) is 35.8 Å². The van der Waals surface area contributed by atoms with E-state index in [0.29, 0.717) is 59.2 Å². The van der Waals surface area contributed by atoms with Crippen LogP contribution in [0.3, 0.4) is 0 Å². The van der Waals surface area contributed by atoms with E-state index in [9.17, 15) is 18.0 Å². The standard InChI is InChI=1S/C24H24F3N5O3/c1-12(14-5-15(24(25,26)27)7-16(28)6-14)29-23-18-8-20-21(9-19(18)30-13(2)31-23)35-11-22(33)32(20)17-3-4-34-10-17/h5-9,12,17H,3-4,10-11,28H2,1-2H3,(H,29,30,31)/t12-,17?/m1/s1. The highest BCUT2D eigenvalue weighted by Gasteiger charge is 2.35. The third-order valence-electron chi connectivity index (χ3n) is 6.20. The van der Waals surface area contributed by atoms with E-state index in [0.717, 1.165) is 12.1 Å². The Morgan fingerprint density at radius 2 is 2.00 bits per heavy atom. The van der Waals surface area contributed by atoms with Crippen LogP contribution in [0.5, 0.6) is 5.75 Å². The molecule has 2 aliphatic heterocycles. The quantitative estimate of drug-likeness (QED) is 0.531. The molecular formula is C24H24F3N5O3. The Balaban J connectivity index is 1.56. The van der Waals surface area contributed by atoms with Crippen molar-refractivity contribution in [2.45, 2.75) is 38.5 Å². The van der Waals surface area contributed by atoms with Crippen LogP contribution in [0, 0.1) is 6.92 Å². The van der Waals surface area contributed by atoms with Crippen molar-refractivity contribution in [2.24, 2.45) is 0 Å². The molecule has 8 nitrogen and oxygen atoms in total. The monoisotopic (exact) mass is 487 g/mol. The molecule has 11 heteroatoms. The van der Waals surface area contributed by atoms with Gasteiger partial charge in [0.2, 0.25) is 0 Å². The van der Waals surface area contributed by atoms with Crippen LogP contribution in [0.25, 0.3) is 10.9 Å². The van der Waals surface area contributed by atoms with Gasteiger partial charge in [-0.15, -0.1) is 0 Å². The van der Waals surface area contributed by atoms with Gasteiger partial charge in [-0.1, -0.05) is 0 Å². The first-order chi connectivity index (χ1) is 16.6. The number of fused-ring (bicyclic) bond motifs is 2. The molecular weight excluding hydrogens is 463 g/mol. The Morgan fingerprint density at radius 1 is 1.20 bits per heavy atom. The number of ether oxygens (including phenoxy) is 2. The zero-order chi connectivity index (χ0) is 24.9. The molecule has 0 spiro atoms. The molecule has 35 heavy (non-hydrogen) atoms. The van der Waals surface area contributed by atoms with Gasteiger partial charge in [0, 0.05) is 23.7 Å². The number of hydrogen-bond acceptors (Lipinski definition) is 7. The first-order valence-corrected chi connectivity index (χ1v) is 11.2. The number of benzene rings is 2. The predicted molar refractivity (Wildman–Crippen MR) is 124 cm³/mol. The first-order valence-electron chi connectivity index (χ1n) is 11.2. The molecule has 184 valence electrons. The van der Waals surface area contributed by atoms with Crippen molar-refractivity contribution in [3.05, 3.63) is 47.3 Å². The molecule has 0 radical (unpaired) electrons. The van der Waals surface area contributed by atoms with E-state index in [4.69, 9.17) is 15.2 Å². The lowest BCUT2D eigenvalue weighted by molar-refractivity contribution is -0.137. The summed E-state index contributed by atoms with van der Waals surface area (Å²) in [4.78, 5) is 23.4. The number of nitrogen functional groups attached to an aromatic ring is 1. The zero-order valence-electron chi connectivity index (χ0n) is 19.1. The van der Waals surface area contributed by atoms with Gasteiger partial charge in [0.1, 0.15) is 17.4 Å². The SMILES string of the molecule is Cc1nc(N[C@H](C)c2cc(N)cc(C(F)(F)F)c2)c2cc3c(cc2n1)OCC(=O)N3C1CCOC1. The number of amides is 1. The maximum absolute atomic E-state index is 13.3. The van der Waals surface area contributed by atoms with Gasteiger partial charge in [0.15, 0.2) is 6.61 Å². The summed E-state index contributed by atoms with van der Waals surface area (Å²) < 4.78 is 51.1. The Hall–Kier alpha value is -3.60. The van der Waals surface area contributed by atoms with E-state index in [1.54, 1.807) is 30.9 Å². The summed E-state index contributed by atoms with van der Waals surface area (Å²) in [6.45, 7) is 4.39. The van der Waals surface area contributed by atoms with Crippen molar-refractivity contribution >= 4 is 34.0 Å². The van der Waals surface area contributed by atoms with Crippen LogP contribution in [0.2, 0.25) is 0 Å². The van der Waals surface area contributed by atoms with Gasteiger partial charge in [-0.25, -0.2) is 9.97 Å². The number of hydrogen-bond donors (Lipinski definition) is 2. The third kappa shape index (κ3) is 4.43. The molecule has 2 atom stereocenters. The molecule has 3 N–H and O–H groups in total. The fourth-order valence-electron chi connectivity index (χ4n) is 4.52. The minimum Gasteiger partial charge on any atom is -0.481 e. The third-order valence-corrected chi connectivity index (χ3v) is 6.20. The molecule has 1 amide bonds. The number of nitrogens with zero attached hydrogens (tertiary/aromatic N) is 3. The zero-order valence-corrected chi connectivity index (χ0v) is 19.1. The summed E-state index contributed by atoms with van der Waals surface area (Å²) >= 11 is 0. The number of alkyl halides is 3. The van der Waals surface area contributed by atoms with Crippen LogP contribution in [-0.4, -0.2) is 41.7 Å². The van der Waals surface area contributed by atoms with Gasteiger partial charge in [0.05, 0.1) is 35.5 Å². The highest BCUT2D eigenvalue weighted by atomic mass is 19.4. The van der Waals surface area contributed by atoms with Crippen molar-refractivity contribution in [3.63, 3.8) is 0 Å². The average Bonchev–Trinajstić information content (AvgIpc) is 3.31. The largest absolute Gasteiger partial charge is 0.481 e. The predicted octanol–water partition coefficient (Wildman–Crippen LogP) is 4.23. The molecule has 1 aromatic heterocycles. The van der Waals surface area contributed by atoms with E-state index in [2.05, 4.69) is 15.3 Å². The van der Waals surface area contributed by atoms with E-state index < -0.39 is 17.8 Å². The summed E-state index contributed by atoms with van der Waals surface area (Å²) in [7, 11) is 0. The molecule has 3 heterocycles. The second-order valence-corrected chi connectivity index (χ2v) is 8.78. The van der Waals surface area contributed by atoms with Gasteiger partial charge >= 0.3 is 6.18 Å². The Morgan fingerprint density at radius 3 is 2.71 bits per heavy atom. The molecule has 1 fully saturated rings. The maximum atomic E-state index is 13.3. The lowest BCUT2D eigenvalue weighted by Gasteiger charge is -2.33. The first kappa shape index (κ1) is 23.2. The number of anilines is 3. The summed E-state index contributed by atoms with van der Waals surface area (Å²) in [5.41, 5.74) is 6.50. The second-order valence-electron chi connectivity index (χ2n) is 8.78. The maximum Gasteiger partial charge on any atom is 0.416 e. The summed E-state index contributed by atoms with van der Waals surface area (Å²) in [6, 6.07) is 6.37. The summed E-state index contributed by atoms with van der Waals surface area (Å²) in [5, 5.41) is 3.82. The van der Waals surface area contributed by atoms with Crippen molar-refractivity contribution in [1.82, 2.24) is 9.97 Å². The lowest BCUT2D eigenvalue weighted by Crippen LogP contribution is -2.46. The van der Waals surface area contributed by atoms with Crippen molar-refractivity contribution in [3.8, 4) is 5.75 Å². The molecule has 3 aromatic rings. The second kappa shape index (κ2) is 8.56. The lowest BCUT2D eigenvalue weighted by atomic mass is 10.0. The molecule has 2 aliphatic rings. The fraction of sp³-hybridized carbons (Fsp3) is 0.375. The number of aryl methyl sites for hydroxylation is 1. The van der Waals surface area contributed by atoms with Crippen LogP contribution in [0.4, 0.5) is 30.4 Å². The van der Waals surface area contributed by atoms with Gasteiger partial charge in [-0.3, -0.25) is 4.79 Å². The van der Waals surface area contributed by atoms with Crippen LogP contribution in [0.15, 0.2) is 30.3 Å². The number of nitrogens with one attached hydrogen (secondary N) is 1. The van der Waals surface area contributed by atoms with Gasteiger partial charge in [-0.2, -0.15) is 13.2 Å². The van der Waals surface area contributed by atoms with E-state index >= 15 is 0 Å². The van der Waals surface area contributed by atoms with Crippen LogP contribution in [0.1, 0.15) is 36.3 Å². The number of halogens is 3. The van der Waals surface area contributed by atoms with Gasteiger partial charge in [-0.05, 0) is 50.1 Å². The number of aromatic nitrogens is 2. The normalized spacial score (nSPS) is 18.9. The van der Waals surface area contributed by atoms with Crippen LogP contribution >= 0.6 is 0 Å². The molecule has 0 saturated carbocycles. The molecule has 5 rings (SSSR count). The van der Waals surface area contributed by atoms with Crippen molar-refractivity contribution in [1.29, 1.82) is 0 Å². The molecule has 0 aliphatic carbocycles. The molecule has 1 saturated heterocycles. The number of carbonyl (C=O) groups excluding carboxylic acids is 1. The molecule has 0 bridgehead atoms. The summed E-state index contributed by atoms with van der Waals surface area (Å²) in [6.07, 6.45) is -3.80. The smallest absolute Gasteiger partial charge is 0.416 e. The molecule has 2 aromatic carbocycles. The average molecular weight is 487 g/mol. The summed E-state index contributed by atoms with van der Waals surface area (Å²) in [5.74, 6) is 1.28. The van der Waals surface area contributed by atoms with Crippen LogP contribution in [-0.2, 0) is 15.7 Å². The van der Waals surface area contributed by atoms with Crippen molar-refractivity contribution < 1.29 is 27.4 Å².